The van der Waals surface area contributed by atoms with Gasteiger partial charge in [-0.25, -0.2) is 4.79 Å². The van der Waals surface area contributed by atoms with Gasteiger partial charge in [0.05, 0.1) is 11.1 Å². The van der Waals surface area contributed by atoms with Crippen molar-refractivity contribution in [2.24, 2.45) is 0 Å². The lowest BCUT2D eigenvalue weighted by molar-refractivity contribution is 0.0699. The molecule has 2 N–H and O–H groups in total. The molecule has 0 aliphatic heterocycles. The molecule has 0 amide bonds. The summed E-state index contributed by atoms with van der Waals surface area (Å²) in [6.07, 6.45) is 2.02. The molecule has 1 heterocycles. The SMILES string of the molecule is CSCc1cc2cccc(C(=O)O)c2[nH]1. The highest BCUT2D eigenvalue weighted by molar-refractivity contribution is 7.97. The number of H-pyrrole nitrogens is 1. The molecule has 0 fully saturated rings. The Morgan fingerprint density at radius 3 is 3.00 bits per heavy atom. The fraction of sp³-hybridized carbons (Fsp3) is 0.182. The van der Waals surface area contributed by atoms with Gasteiger partial charge in [-0.3, -0.25) is 0 Å². The second kappa shape index (κ2) is 3.98. The second-order valence-electron chi connectivity index (χ2n) is 3.30. The zero-order valence-electron chi connectivity index (χ0n) is 8.28. The summed E-state index contributed by atoms with van der Waals surface area (Å²) in [5.41, 5.74) is 2.11. The van der Waals surface area contributed by atoms with Gasteiger partial charge in [0, 0.05) is 16.8 Å². The summed E-state index contributed by atoms with van der Waals surface area (Å²) in [5, 5.41) is 9.95. The number of carboxylic acids is 1. The van der Waals surface area contributed by atoms with Gasteiger partial charge in [-0.2, -0.15) is 11.8 Å². The Bertz CT molecular complexity index is 504. The highest BCUT2D eigenvalue weighted by atomic mass is 32.2. The third kappa shape index (κ3) is 1.85. The number of aromatic carboxylic acids is 1. The molecule has 0 bridgehead atoms. The summed E-state index contributed by atoms with van der Waals surface area (Å²) in [7, 11) is 0. The van der Waals surface area contributed by atoms with Gasteiger partial charge in [-0.1, -0.05) is 12.1 Å². The van der Waals surface area contributed by atoms with E-state index < -0.39 is 5.97 Å². The van der Waals surface area contributed by atoms with E-state index in [0.717, 1.165) is 16.8 Å². The van der Waals surface area contributed by atoms with Gasteiger partial charge < -0.3 is 10.1 Å². The third-order valence-corrected chi connectivity index (χ3v) is 2.84. The van der Waals surface area contributed by atoms with Crippen molar-refractivity contribution in [1.82, 2.24) is 4.98 Å². The number of aromatic amines is 1. The highest BCUT2D eigenvalue weighted by Gasteiger charge is 2.10. The molecular formula is C11H11NO2S. The van der Waals surface area contributed by atoms with E-state index in [2.05, 4.69) is 4.98 Å². The van der Waals surface area contributed by atoms with Crippen LogP contribution < -0.4 is 0 Å². The number of carbonyl (C=O) groups is 1. The van der Waals surface area contributed by atoms with E-state index in [4.69, 9.17) is 5.11 Å². The Morgan fingerprint density at radius 2 is 2.33 bits per heavy atom. The van der Waals surface area contributed by atoms with Crippen molar-refractivity contribution in [3.05, 3.63) is 35.5 Å². The number of fused-ring (bicyclic) bond motifs is 1. The second-order valence-corrected chi connectivity index (χ2v) is 4.17. The Hall–Kier alpha value is -1.42. The Morgan fingerprint density at radius 1 is 1.53 bits per heavy atom. The smallest absolute Gasteiger partial charge is 0.337 e. The molecule has 0 aliphatic carbocycles. The number of aromatic nitrogens is 1. The molecule has 78 valence electrons. The summed E-state index contributed by atoms with van der Waals surface area (Å²) in [6.45, 7) is 0. The van der Waals surface area contributed by atoms with Crippen molar-refractivity contribution in [3.8, 4) is 0 Å². The summed E-state index contributed by atoms with van der Waals surface area (Å²) < 4.78 is 0. The highest BCUT2D eigenvalue weighted by Crippen LogP contribution is 2.21. The minimum atomic E-state index is -0.891. The fourth-order valence-corrected chi connectivity index (χ4v) is 2.09. The Kier molecular flexibility index (Phi) is 2.68. The lowest BCUT2D eigenvalue weighted by atomic mass is 10.1. The van der Waals surface area contributed by atoms with Crippen molar-refractivity contribution in [2.75, 3.05) is 6.26 Å². The van der Waals surface area contributed by atoms with Crippen LogP contribution in [0.25, 0.3) is 10.9 Å². The quantitative estimate of drug-likeness (QED) is 0.837. The molecule has 0 aliphatic rings. The van der Waals surface area contributed by atoms with Crippen LogP contribution in [0.1, 0.15) is 16.1 Å². The van der Waals surface area contributed by atoms with Crippen molar-refractivity contribution < 1.29 is 9.90 Å². The van der Waals surface area contributed by atoms with E-state index >= 15 is 0 Å². The lowest BCUT2D eigenvalue weighted by Gasteiger charge is -1.96. The minimum absolute atomic E-state index is 0.333. The van der Waals surface area contributed by atoms with E-state index in [1.807, 2.05) is 18.4 Å². The van der Waals surface area contributed by atoms with Crippen LogP contribution in [0, 0.1) is 0 Å². The molecule has 4 heteroatoms. The van der Waals surface area contributed by atoms with Crippen LogP contribution in [0.4, 0.5) is 0 Å². The van der Waals surface area contributed by atoms with Crippen LogP contribution in [0.5, 0.6) is 0 Å². The van der Waals surface area contributed by atoms with Gasteiger partial charge >= 0.3 is 5.97 Å². The molecular weight excluding hydrogens is 210 g/mol. The van der Waals surface area contributed by atoms with Crippen LogP contribution in [-0.2, 0) is 5.75 Å². The van der Waals surface area contributed by atoms with Crippen LogP contribution in [-0.4, -0.2) is 22.3 Å². The number of para-hydroxylation sites is 1. The van der Waals surface area contributed by atoms with E-state index in [9.17, 15) is 4.79 Å². The monoisotopic (exact) mass is 221 g/mol. The molecule has 0 spiro atoms. The van der Waals surface area contributed by atoms with E-state index in [1.165, 1.54) is 0 Å². The first-order valence-corrected chi connectivity index (χ1v) is 5.94. The molecule has 0 radical (unpaired) electrons. The molecule has 1 aromatic heterocycles. The van der Waals surface area contributed by atoms with Crippen molar-refractivity contribution in [1.29, 1.82) is 0 Å². The normalized spacial score (nSPS) is 10.7. The Balaban J connectivity index is 2.59. The predicted octanol–water partition coefficient (Wildman–Crippen LogP) is 2.73. The molecule has 2 aromatic rings. The number of hydrogen-bond donors (Lipinski definition) is 2. The summed E-state index contributed by atoms with van der Waals surface area (Å²) in [6, 6.07) is 7.30. The standard InChI is InChI=1S/C11H11NO2S/c1-15-6-8-5-7-3-2-4-9(11(13)14)10(7)12-8/h2-5,12H,6H2,1H3,(H,13,14). The number of carboxylic acid groups (broad SMARTS) is 1. The van der Waals surface area contributed by atoms with Gasteiger partial charge in [-0.05, 0) is 18.4 Å². The molecule has 0 saturated heterocycles. The van der Waals surface area contributed by atoms with Crippen LogP contribution in [0.15, 0.2) is 24.3 Å². The van der Waals surface area contributed by atoms with Crippen molar-refractivity contribution in [3.63, 3.8) is 0 Å². The fourth-order valence-electron chi connectivity index (χ4n) is 1.63. The van der Waals surface area contributed by atoms with Gasteiger partial charge in [0.25, 0.3) is 0 Å². The van der Waals surface area contributed by atoms with E-state index in [1.54, 1.807) is 23.9 Å². The van der Waals surface area contributed by atoms with Gasteiger partial charge in [0.2, 0.25) is 0 Å². The maximum Gasteiger partial charge on any atom is 0.337 e. The van der Waals surface area contributed by atoms with Gasteiger partial charge in [-0.15, -0.1) is 0 Å². The van der Waals surface area contributed by atoms with Gasteiger partial charge in [0.15, 0.2) is 0 Å². The average molecular weight is 221 g/mol. The molecule has 0 atom stereocenters. The first kappa shape index (κ1) is 10.1. The zero-order valence-corrected chi connectivity index (χ0v) is 9.10. The molecule has 2 rings (SSSR count). The van der Waals surface area contributed by atoms with E-state index in [0.29, 0.717) is 11.1 Å². The first-order valence-electron chi connectivity index (χ1n) is 4.55. The molecule has 15 heavy (non-hydrogen) atoms. The minimum Gasteiger partial charge on any atom is -0.478 e. The number of nitrogens with one attached hydrogen (secondary N) is 1. The van der Waals surface area contributed by atoms with Crippen molar-refractivity contribution in [2.45, 2.75) is 5.75 Å². The summed E-state index contributed by atoms with van der Waals surface area (Å²) >= 11 is 1.71. The maximum absolute atomic E-state index is 11.0. The van der Waals surface area contributed by atoms with Gasteiger partial charge in [0.1, 0.15) is 0 Å². The largest absolute Gasteiger partial charge is 0.478 e. The number of benzene rings is 1. The maximum atomic E-state index is 11.0. The first-order chi connectivity index (χ1) is 7.22. The number of thioether (sulfide) groups is 1. The third-order valence-electron chi connectivity index (χ3n) is 2.24. The van der Waals surface area contributed by atoms with E-state index in [-0.39, 0.29) is 0 Å². The summed E-state index contributed by atoms with van der Waals surface area (Å²) in [5.74, 6) is -0.0218. The van der Waals surface area contributed by atoms with Crippen LogP contribution >= 0.6 is 11.8 Å². The van der Waals surface area contributed by atoms with Crippen LogP contribution in [0.3, 0.4) is 0 Å². The molecule has 0 unspecified atom stereocenters. The van der Waals surface area contributed by atoms with Crippen molar-refractivity contribution >= 4 is 28.6 Å². The molecule has 3 nitrogen and oxygen atoms in total. The number of hydrogen-bond acceptors (Lipinski definition) is 2. The average Bonchev–Trinajstić information content (AvgIpc) is 2.59. The topological polar surface area (TPSA) is 53.1 Å². The number of rotatable bonds is 3. The van der Waals surface area contributed by atoms with Crippen LogP contribution in [0.2, 0.25) is 0 Å². The zero-order chi connectivity index (χ0) is 10.8. The molecule has 1 aromatic carbocycles. The predicted molar refractivity (Wildman–Crippen MR) is 62.5 cm³/mol. The lowest BCUT2D eigenvalue weighted by Crippen LogP contribution is -1.96. The molecule has 0 saturated carbocycles. The Labute approximate surface area is 91.5 Å². The summed E-state index contributed by atoms with van der Waals surface area (Å²) in [4.78, 5) is 14.1.